The van der Waals surface area contributed by atoms with E-state index in [0.29, 0.717) is 0 Å². The van der Waals surface area contributed by atoms with Crippen molar-refractivity contribution in [1.82, 2.24) is 10.2 Å². The molecule has 1 aromatic carbocycles. The molecule has 0 aliphatic heterocycles. The smallest absolute Gasteiger partial charge is 0.0712 e. The summed E-state index contributed by atoms with van der Waals surface area (Å²) in [6, 6.07) is 8.10. The maximum atomic E-state index is 6.23. The van der Waals surface area contributed by atoms with Crippen LogP contribution in [0.1, 0.15) is 18.4 Å². The van der Waals surface area contributed by atoms with Gasteiger partial charge in [-0.15, -0.1) is 0 Å². The zero-order valence-electron chi connectivity index (χ0n) is 8.70. The molecule has 2 aromatic rings. The fraction of sp³-hybridized carbons (Fsp3) is 0.250. The fourth-order valence-corrected chi connectivity index (χ4v) is 2.42. The van der Waals surface area contributed by atoms with E-state index in [1.54, 1.807) is 0 Å². The van der Waals surface area contributed by atoms with Gasteiger partial charge < -0.3 is 5.73 Å². The molecule has 0 bridgehead atoms. The van der Waals surface area contributed by atoms with Gasteiger partial charge in [0.2, 0.25) is 0 Å². The van der Waals surface area contributed by atoms with Gasteiger partial charge in [0, 0.05) is 21.1 Å². The van der Waals surface area contributed by atoms with Crippen molar-refractivity contribution < 1.29 is 0 Å². The lowest BCUT2D eigenvalue weighted by Gasteiger charge is -2.10. The molecule has 1 fully saturated rings. The molecular formula is C12H12BrN3. The lowest BCUT2D eigenvalue weighted by Crippen LogP contribution is -2.18. The number of benzene rings is 1. The predicted octanol–water partition coefficient (Wildman–Crippen LogP) is 2.79. The molecule has 0 spiro atoms. The minimum Gasteiger partial charge on any atom is -0.321 e. The first-order chi connectivity index (χ1) is 7.71. The SMILES string of the molecule is NC1(c2cn[nH]c2-c2ccccc2Br)CC1. The molecule has 4 heteroatoms. The summed E-state index contributed by atoms with van der Waals surface area (Å²) in [5.74, 6) is 0. The van der Waals surface area contributed by atoms with Crippen molar-refractivity contribution in [2.24, 2.45) is 5.73 Å². The Balaban J connectivity index is 2.14. The lowest BCUT2D eigenvalue weighted by molar-refractivity contribution is 0.743. The number of H-pyrrole nitrogens is 1. The first-order valence-electron chi connectivity index (χ1n) is 5.28. The van der Waals surface area contributed by atoms with Crippen molar-refractivity contribution >= 4 is 15.9 Å². The van der Waals surface area contributed by atoms with Gasteiger partial charge in [-0.3, -0.25) is 5.10 Å². The standard InChI is InChI=1S/C12H12BrN3/c13-10-4-2-1-3-8(10)11-9(7-15-16-11)12(14)5-6-12/h1-4,7H,5-6,14H2,(H,15,16). The molecule has 3 rings (SSSR count). The van der Waals surface area contributed by atoms with Gasteiger partial charge in [0.25, 0.3) is 0 Å². The van der Waals surface area contributed by atoms with Crippen molar-refractivity contribution in [1.29, 1.82) is 0 Å². The number of halogens is 1. The monoisotopic (exact) mass is 277 g/mol. The van der Waals surface area contributed by atoms with E-state index < -0.39 is 0 Å². The molecule has 1 heterocycles. The van der Waals surface area contributed by atoms with Crippen molar-refractivity contribution in [3.63, 3.8) is 0 Å². The third-order valence-electron chi connectivity index (χ3n) is 3.11. The van der Waals surface area contributed by atoms with E-state index in [4.69, 9.17) is 5.73 Å². The zero-order chi connectivity index (χ0) is 11.2. The van der Waals surface area contributed by atoms with E-state index in [2.05, 4.69) is 32.2 Å². The quantitative estimate of drug-likeness (QED) is 0.887. The molecule has 1 aliphatic rings. The second-order valence-corrected chi connectivity index (χ2v) is 5.15. The highest BCUT2D eigenvalue weighted by atomic mass is 79.9. The highest BCUT2D eigenvalue weighted by molar-refractivity contribution is 9.10. The van der Waals surface area contributed by atoms with Crippen LogP contribution in [0.25, 0.3) is 11.3 Å². The lowest BCUT2D eigenvalue weighted by atomic mass is 10.0. The van der Waals surface area contributed by atoms with Crippen LogP contribution in [0.15, 0.2) is 34.9 Å². The van der Waals surface area contributed by atoms with Crippen LogP contribution in [0.3, 0.4) is 0 Å². The average molecular weight is 278 g/mol. The number of rotatable bonds is 2. The third kappa shape index (κ3) is 1.49. The Bertz CT molecular complexity index is 529. The summed E-state index contributed by atoms with van der Waals surface area (Å²) in [5, 5.41) is 7.17. The van der Waals surface area contributed by atoms with E-state index in [9.17, 15) is 0 Å². The zero-order valence-corrected chi connectivity index (χ0v) is 10.3. The van der Waals surface area contributed by atoms with Gasteiger partial charge in [0.05, 0.1) is 11.9 Å². The molecule has 0 amide bonds. The molecule has 1 saturated carbocycles. The molecule has 0 saturated heterocycles. The Hall–Kier alpha value is -1.13. The van der Waals surface area contributed by atoms with Gasteiger partial charge in [-0.2, -0.15) is 5.10 Å². The topological polar surface area (TPSA) is 54.7 Å². The Morgan fingerprint density at radius 1 is 1.31 bits per heavy atom. The highest BCUT2D eigenvalue weighted by Gasteiger charge is 2.42. The third-order valence-corrected chi connectivity index (χ3v) is 3.80. The maximum Gasteiger partial charge on any atom is 0.0712 e. The summed E-state index contributed by atoms with van der Waals surface area (Å²) in [6.45, 7) is 0. The van der Waals surface area contributed by atoms with Crippen molar-refractivity contribution in [2.75, 3.05) is 0 Å². The van der Waals surface area contributed by atoms with Crippen LogP contribution >= 0.6 is 15.9 Å². The van der Waals surface area contributed by atoms with E-state index >= 15 is 0 Å². The summed E-state index contributed by atoms with van der Waals surface area (Å²) >= 11 is 3.55. The number of nitrogens with zero attached hydrogens (tertiary/aromatic N) is 1. The first-order valence-corrected chi connectivity index (χ1v) is 6.08. The van der Waals surface area contributed by atoms with Gasteiger partial charge in [0.15, 0.2) is 0 Å². The maximum absolute atomic E-state index is 6.23. The molecule has 1 aromatic heterocycles. The van der Waals surface area contributed by atoms with Crippen LogP contribution in [-0.4, -0.2) is 10.2 Å². The van der Waals surface area contributed by atoms with Gasteiger partial charge in [-0.05, 0) is 18.9 Å². The molecule has 0 atom stereocenters. The largest absolute Gasteiger partial charge is 0.321 e. The van der Waals surface area contributed by atoms with Crippen molar-refractivity contribution in [2.45, 2.75) is 18.4 Å². The van der Waals surface area contributed by atoms with E-state index in [1.807, 2.05) is 24.4 Å². The number of nitrogens with one attached hydrogen (secondary N) is 1. The minimum atomic E-state index is -0.155. The number of aromatic amines is 1. The molecule has 16 heavy (non-hydrogen) atoms. The summed E-state index contributed by atoms with van der Waals surface area (Å²) < 4.78 is 1.06. The second kappa shape index (κ2) is 3.43. The molecule has 1 aliphatic carbocycles. The van der Waals surface area contributed by atoms with Gasteiger partial charge in [0.1, 0.15) is 0 Å². The Morgan fingerprint density at radius 2 is 2.06 bits per heavy atom. The predicted molar refractivity (Wildman–Crippen MR) is 66.8 cm³/mol. The number of nitrogens with two attached hydrogens (primary N) is 1. The van der Waals surface area contributed by atoms with Crippen LogP contribution in [0.2, 0.25) is 0 Å². The summed E-state index contributed by atoms with van der Waals surface area (Å²) in [6.07, 6.45) is 3.94. The minimum absolute atomic E-state index is 0.155. The van der Waals surface area contributed by atoms with E-state index in [-0.39, 0.29) is 5.54 Å². The summed E-state index contributed by atoms with van der Waals surface area (Å²) in [7, 11) is 0. The molecule has 3 nitrogen and oxygen atoms in total. The Labute approximate surface area is 102 Å². The van der Waals surface area contributed by atoms with Gasteiger partial charge in [-0.25, -0.2) is 0 Å². The number of hydrogen-bond donors (Lipinski definition) is 2. The van der Waals surface area contributed by atoms with Crippen LogP contribution in [0, 0.1) is 0 Å². The molecular weight excluding hydrogens is 266 g/mol. The van der Waals surface area contributed by atoms with E-state index in [1.165, 1.54) is 0 Å². The van der Waals surface area contributed by atoms with Gasteiger partial charge >= 0.3 is 0 Å². The van der Waals surface area contributed by atoms with Crippen LogP contribution in [-0.2, 0) is 5.54 Å². The Morgan fingerprint density at radius 3 is 2.75 bits per heavy atom. The molecule has 3 N–H and O–H groups in total. The van der Waals surface area contributed by atoms with Crippen LogP contribution in [0.4, 0.5) is 0 Å². The first kappa shape index (κ1) is 10.1. The second-order valence-electron chi connectivity index (χ2n) is 4.29. The van der Waals surface area contributed by atoms with Crippen molar-refractivity contribution in [3.05, 3.63) is 40.5 Å². The average Bonchev–Trinajstić information content (AvgIpc) is 2.84. The summed E-state index contributed by atoms with van der Waals surface area (Å²) in [5.41, 5.74) is 9.35. The molecule has 82 valence electrons. The summed E-state index contributed by atoms with van der Waals surface area (Å²) in [4.78, 5) is 0. The van der Waals surface area contributed by atoms with Crippen LogP contribution < -0.4 is 5.73 Å². The number of hydrogen-bond acceptors (Lipinski definition) is 2. The van der Waals surface area contributed by atoms with Gasteiger partial charge in [-0.1, -0.05) is 34.1 Å². The number of aromatic nitrogens is 2. The normalized spacial score (nSPS) is 17.4. The molecule has 0 unspecified atom stereocenters. The fourth-order valence-electron chi connectivity index (χ4n) is 1.94. The van der Waals surface area contributed by atoms with E-state index in [0.717, 1.165) is 34.1 Å². The highest BCUT2D eigenvalue weighted by Crippen LogP contribution is 2.46. The van der Waals surface area contributed by atoms with Crippen molar-refractivity contribution in [3.8, 4) is 11.3 Å². The molecule has 0 radical (unpaired) electrons. The Kier molecular flexibility index (Phi) is 2.16. The van der Waals surface area contributed by atoms with Crippen LogP contribution in [0.5, 0.6) is 0 Å².